The van der Waals surface area contributed by atoms with Crippen LogP contribution in [0.15, 0.2) is 59.6 Å². The third kappa shape index (κ3) is 4.82. The van der Waals surface area contributed by atoms with Crippen molar-refractivity contribution in [3.63, 3.8) is 0 Å². The smallest absolute Gasteiger partial charge is 0.175 e. The zero-order valence-electron chi connectivity index (χ0n) is 15.5. The van der Waals surface area contributed by atoms with Crippen LogP contribution in [-0.4, -0.2) is 48.1 Å². The van der Waals surface area contributed by atoms with Gasteiger partial charge >= 0.3 is 0 Å². The summed E-state index contributed by atoms with van der Waals surface area (Å²) in [5.41, 5.74) is 3.45. The minimum atomic E-state index is -3.22. The van der Waals surface area contributed by atoms with Crippen molar-refractivity contribution in [2.75, 3.05) is 19.5 Å². The molecule has 8 heteroatoms. The second kappa shape index (κ2) is 8.62. The van der Waals surface area contributed by atoms with E-state index in [4.69, 9.17) is 5.11 Å². The highest BCUT2D eigenvalue weighted by molar-refractivity contribution is 7.90. The van der Waals surface area contributed by atoms with Crippen molar-refractivity contribution in [3.05, 3.63) is 66.0 Å². The van der Waals surface area contributed by atoms with E-state index >= 15 is 0 Å². The van der Waals surface area contributed by atoms with Crippen LogP contribution in [0.4, 0.5) is 4.39 Å². The van der Waals surface area contributed by atoms with Crippen LogP contribution in [0.25, 0.3) is 11.1 Å². The van der Waals surface area contributed by atoms with Gasteiger partial charge in [-0.3, -0.25) is 0 Å². The van der Waals surface area contributed by atoms with Crippen LogP contribution >= 0.6 is 0 Å². The zero-order valence-corrected chi connectivity index (χ0v) is 16.3. The third-order valence-corrected chi connectivity index (χ3v) is 5.65. The van der Waals surface area contributed by atoms with Gasteiger partial charge in [0.15, 0.2) is 9.84 Å². The molecule has 0 aliphatic rings. The molecule has 0 radical (unpaired) electrons. The lowest BCUT2D eigenvalue weighted by Gasteiger charge is -2.13. The Labute approximate surface area is 163 Å². The first kappa shape index (κ1) is 20.2. The van der Waals surface area contributed by atoms with Crippen LogP contribution in [0.1, 0.15) is 17.3 Å². The van der Waals surface area contributed by atoms with Crippen molar-refractivity contribution in [2.24, 2.45) is 0 Å². The Morgan fingerprint density at radius 2 is 1.68 bits per heavy atom. The number of halogens is 1. The number of sulfone groups is 1. The molecular weight excluding hydrogens is 381 g/mol. The van der Waals surface area contributed by atoms with Crippen molar-refractivity contribution in [3.8, 4) is 11.1 Å². The Hall–Kier alpha value is -2.58. The van der Waals surface area contributed by atoms with Crippen molar-refractivity contribution in [1.29, 1.82) is 0 Å². The molecule has 148 valence electrons. The van der Waals surface area contributed by atoms with Gasteiger partial charge < -0.3 is 5.11 Å². The summed E-state index contributed by atoms with van der Waals surface area (Å²) in [6.45, 7) is -0.595. The molecule has 1 N–H and O–H groups in total. The van der Waals surface area contributed by atoms with Gasteiger partial charge in [-0.15, -0.1) is 5.10 Å². The number of aromatic nitrogens is 3. The number of nitrogens with zero attached hydrogens (tertiary/aromatic N) is 3. The Bertz CT molecular complexity index is 1020. The van der Waals surface area contributed by atoms with E-state index in [9.17, 15) is 12.8 Å². The van der Waals surface area contributed by atoms with Gasteiger partial charge in [0.2, 0.25) is 0 Å². The predicted molar refractivity (Wildman–Crippen MR) is 105 cm³/mol. The first-order valence-electron chi connectivity index (χ1n) is 8.87. The van der Waals surface area contributed by atoms with E-state index in [0.717, 1.165) is 16.7 Å². The normalized spacial score (nSPS) is 12.8. The summed E-state index contributed by atoms with van der Waals surface area (Å²) in [6.07, 6.45) is 3.70. The van der Waals surface area contributed by atoms with Crippen LogP contribution in [0.5, 0.6) is 0 Å². The average Bonchev–Trinajstić information content (AvgIpc) is 3.15. The first-order chi connectivity index (χ1) is 13.4. The van der Waals surface area contributed by atoms with Gasteiger partial charge in [-0.2, -0.15) is 0 Å². The quantitative estimate of drug-likeness (QED) is 0.625. The molecule has 0 fully saturated rings. The van der Waals surface area contributed by atoms with E-state index < -0.39 is 22.6 Å². The Morgan fingerprint density at radius 3 is 2.21 bits per heavy atom. The van der Waals surface area contributed by atoms with E-state index in [-0.39, 0.29) is 11.5 Å². The lowest BCUT2D eigenvalue weighted by molar-refractivity contribution is 0.298. The minimum Gasteiger partial charge on any atom is -0.396 e. The molecule has 3 aromatic rings. The number of hydrogen-bond donors (Lipinski definition) is 1. The molecule has 28 heavy (non-hydrogen) atoms. The number of hydrogen-bond acceptors (Lipinski definition) is 5. The maximum Gasteiger partial charge on any atom is 0.175 e. The average molecular weight is 403 g/mol. The molecule has 0 amide bonds. The van der Waals surface area contributed by atoms with Crippen molar-refractivity contribution in [2.45, 2.75) is 23.8 Å². The summed E-state index contributed by atoms with van der Waals surface area (Å²) < 4.78 is 38.1. The maximum atomic E-state index is 13.5. The van der Waals surface area contributed by atoms with Crippen LogP contribution < -0.4 is 0 Å². The summed E-state index contributed by atoms with van der Waals surface area (Å²) in [5.74, 6) is 0. The van der Waals surface area contributed by atoms with E-state index in [0.29, 0.717) is 18.5 Å². The molecule has 1 heterocycles. The molecule has 2 aromatic carbocycles. The molecule has 0 aliphatic carbocycles. The maximum absolute atomic E-state index is 13.5. The van der Waals surface area contributed by atoms with Crippen molar-refractivity contribution >= 4 is 9.84 Å². The molecule has 6 nitrogen and oxygen atoms in total. The van der Waals surface area contributed by atoms with Crippen molar-refractivity contribution < 1.29 is 17.9 Å². The van der Waals surface area contributed by atoms with Gasteiger partial charge in [0.1, 0.15) is 6.67 Å². The Morgan fingerprint density at radius 1 is 1.07 bits per heavy atom. The van der Waals surface area contributed by atoms with Gasteiger partial charge in [-0.1, -0.05) is 41.6 Å². The largest absolute Gasteiger partial charge is 0.396 e. The SMILES string of the molecule is CS(=O)(=O)c1ccc(-c2ccc(CC(CF)n3cc(CCO)nn3)cc2)cc1. The van der Waals surface area contributed by atoms with Crippen LogP contribution in [0.3, 0.4) is 0 Å². The molecule has 0 bridgehead atoms. The van der Waals surface area contributed by atoms with Gasteiger partial charge in [0, 0.05) is 25.5 Å². The Balaban J connectivity index is 1.72. The standard InChI is InChI=1S/C20H22FN3O3S/c1-28(26,27)20-8-6-17(7-9-20)16-4-2-15(3-5-16)12-19(13-21)24-14-18(10-11-25)22-23-24/h2-9,14,19,25H,10-13H2,1H3. The lowest BCUT2D eigenvalue weighted by atomic mass is 10.0. The fourth-order valence-electron chi connectivity index (χ4n) is 2.94. The lowest BCUT2D eigenvalue weighted by Crippen LogP contribution is -2.15. The molecule has 1 aromatic heterocycles. The van der Waals surface area contributed by atoms with Crippen molar-refractivity contribution in [1.82, 2.24) is 15.0 Å². The van der Waals surface area contributed by atoms with E-state index in [1.165, 1.54) is 10.9 Å². The number of rotatable bonds is 8. The highest BCUT2D eigenvalue weighted by Gasteiger charge is 2.14. The highest BCUT2D eigenvalue weighted by atomic mass is 32.2. The van der Waals surface area contributed by atoms with Gasteiger partial charge in [0.05, 0.1) is 16.6 Å². The monoisotopic (exact) mass is 403 g/mol. The number of aliphatic hydroxyl groups is 1. The summed E-state index contributed by atoms with van der Waals surface area (Å²) in [6, 6.07) is 14.0. The fraction of sp³-hybridized carbons (Fsp3) is 0.300. The summed E-state index contributed by atoms with van der Waals surface area (Å²) in [7, 11) is -3.22. The minimum absolute atomic E-state index is 0.0222. The number of aliphatic hydroxyl groups excluding tert-OH is 1. The number of benzene rings is 2. The van der Waals surface area contributed by atoms with Gasteiger partial charge in [-0.25, -0.2) is 17.5 Å². The zero-order chi connectivity index (χ0) is 20.1. The molecule has 3 rings (SSSR count). The molecule has 1 atom stereocenters. The van der Waals surface area contributed by atoms with Crippen LogP contribution in [0, 0.1) is 0 Å². The second-order valence-corrected chi connectivity index (χ2v) is 8.68. The van der Waals surface area contributed by atoms with E-state index in [2.05, 4.69) is 10.3 Å². The molecule has 0 saturated heterocycles. The predicted octanol–water partition coefficient (Wildman–Crippen LogP) is 2.64. The van der Waals surface area contributed by atoms with Gasteiger partial charge in [0.25, 0.3) is 0 Å². The molecule has 0 saturated carbocycles. The first-order valence-corrected chi connectivity index (χ1v) is 10.8. The van der Waals surface area contributed by atoms with Crippen LogP contribution in [0.2, 0.25) is 0 Å². The molecule has 1 unspecified atom stereocenters. The summed E-state index contributed by atoms with van der Waals surface area (Å²) in [4.78, 5) is 0.284. The van der Waals surface area contributed by atoms with E-state index in [1.54, 1.807) is 30.5 Å². The van der Waals surface area contributed by atoms with Gasteiger partial charge in [-0.05, 0) is 35.2 Å². The molecule has 0 aliphatic heterocycles. The summed E-state index contributed by atoms with van der Waals surface area (Å²) in [5, 5.41) is 16.9. The number of alkyl halides is 1. The molecular formula is C20H22FN3O3S. The molecule has 0 spiro atoms. The Kier molecular flexibility index (Phi) is 6.21. The highest BCUT2D eigenvalue weighted by Crippen LogP contribution is 2.23. The van der Waals surface area contributed by atoms with E-state index in [1.807, 2.05) is 24.3 Å². The van der Waals surface area contributed by atoms with Crippen LogP contribution in [-0.2, 0) is 22.7 Å². The summed E-state index contributed by atoms with van der Waals surface area (Å²) >= 11 is 0. The second-order valence-electron chi connectivity index (χ2n) is 6.67. The third-order valence-electron chi connectivity index (χ3n) is 4.52. The fourth-order valence-corrected chi connectivity index (χ4v) is 3.57. The topological polar surface area (TPSA) is 85.1 Å².